The number of anilines is 2. The number of aromatic nitrogens is 1. The molecule has 0 unspecified atom stereocenters. The van der Waals surface area contributed by atoms with Crippen LogP contribution in [0.3, 0.4) is 0 Å². The molecule has 0 radical (unpaired) electrons. The van der Waals surface area contributed by atoms with Crippen LogP contribution >= 0.6 is 23.2 Å². The van der Waals surface area contributed by atoms with Crippen LogP contribution in [0.2, 0.25) is 10.0 Å². The van der Waals surface area contributed by atoms with Gasteiger partial charge in [0.25, 0.3) is 0 Å². The average molecular weight is 357 g/mol. The van der Waals surface area contributed by atoms with Gasteiger partial charge in [-0.15, -0.1) is 0 Å². The average Bonchev–Trinajstić information content (AvgIpc) is 2.58. The van der Waals surface area contributed by atoms with Gasteiger partial charge >= 0.3 is 0 Å². The zero-order chi connectivity index (χ0) is 17.1. The number of pyridine rings is 1. The fraction of sp³-hybridized carbons (Fsp3) is 0.0526. The van der Waals surface area contributed by atoms with Gasteiger partial charge in [0, 0.05) is 11.1 Å². The largest absolute Gasteiger partial charge is 0.338 e. The van der Waals surface area contributed by atoms with Crippen molar-refractivity contribution in [3.05, 3.63) is 75.8 Å². The lowest BCUT2D eigenvalue weighted by Gasteiger charge is -2.13. The molecule has 2 aromatic carbocycles. The van der Waals surface area contributed by atoms with Crippen LogP contribution in [0.25, 0.3) is 11.3 Å². The first-order valence-electron chi connectivity index (χ1n) is 7.33. The van der Waals surface area contributed by atoms with Crippen molar-refractivity contribution in [2.45, 2.75) is 6.92 Å². The lowest BCUT2D eigenvalue weighted by Crippen LogP contribution is -2.00. The minimum atomic E-state index is 0.501. The second kappa shape index (κ2) is 7.04. The van der Waals surface area contributed by atoms with Gasteiger partial charge in [0.15, 0.2) is 6.29 Å². The summed E-state index contributed by atoms with van der Waals surface area (Å²) < 4.78 is 0. The Morgan fingerprint density at radius 3 is 2.33 bits per heavy atom. The summed E-state index contributed by atoms with van der Waals surface area (Å²) in [6.45, 7) is 1.98. The summed E-state index contributed by atoms with van der Waals surface area (Å²) in [5.41, 5.74) is 3.69. The van der Waals surface area contributed by atoms with E-state index in [9.17, 15) is 4.79 Å². The minimum absolute atomic E-state index is 0.501. The Morgan fingerprint density at radius 1 is 0.958 bits per heavy atom. The number of nitrogens with one attached hydrogen (secondary N) is 1. The van der Waals surface area contributed by atoms with Crippen molar-refractivity contribution in [2.75, 3.05) is 5.32 Å². The van der Waals surface area contributed by atoms with Crippen molar-refractivity contribution in [1.29, 1.82) is 0 Å². The molecule has 0 saturated carbocycles. The first-order chi connectivity index (χ1) is 11.6. The zero-order valence-corrected chi connectivity index (χ0v) is 14.4. The van der Waals surface area contributed by atoms with Gasteiger partial charge in [-0.3, -0.25) is 4.79 Å². The van der Waals surface area contributed by atoms with E-state index in [-0.39, 0.29) is 0 Å². The van der Waals surface area contributed by atoms with Crippen LogP contribution in [0, 0.1) is 6.92 Å². The lowest BCUT2D eigenvalue weighted by molar-refractivity contribution is 0.112. The van der Waals surface area contributed by atoms with Gasteiger partial charge in [-0.05, 0) is 36.8 Å². The predicted octanol–water partition coefficient (Wildman–Crippen LogP) is 5.92. The van der Waals surface area contributed by atoms with Crippen LogP contribution in [0.5, 0.6) is 0 Å². The third-order valence-corrected chi connectivity index (χ3v) is 4.30. The van der Waals surface area contributed by atoms with E-state index in [1.807, 2.05) is 31.2 Å². The first kappa shape index (κ1) is 16.5. The first-order valence-corrected chi connectivity index (χ1v) is 8.09. The van der Waals surface area contributed by atoms with Crippen LogP contribution in [0.1, 0.15) is 15.9 Å². The molecule has 0 atom stereocenters. The van der Waals surface area contributed by atoms with Crippen LogP contribution < -0.4 is 5.32 Å². The summed E-state index contributed by atoms with van der Waals surface area (Å²) in [6, 6.07) is 16.5. The van der Waals surface area contributed by atoms with Crippen molar-refractivity contribution in [2.24, 2.45) is 0 Å². The SMILES string of the molecule is Cc1ccccc1-c1nc(Nc2c(Cl)cccc2Cl)ccc1C=O. The standard InChI is InChI=1S/C19H14Cl2N2O/c1-12-5-2-3-6-14(12)18-13(11-24)9-10-17(22-18)23-19-15(20)7-4-8-16(19)21/h2-11H,1H3,(H,22,23). The Bertz CT molecular complexity index is 889. The second-order valence-electron chi connectivity index (χ2n) is 5.29. The maximum absolute atomic E-state index is 11.4. The summed E-state index contributed by atoms with van der Waals surface area (Å²) in [4.78, 5) is 16.0. The van der Waals surface area contributed by atoms with Gasteiger partial charge in [-0.2, -0.15) is 0 Å². The van der Waals surface area contributed by atoms with Gasteiger partial charge in [-0.1, -0.05) is 53.5 Å². The highest BCUT2D eigenvalue weighted by atomic mass is 35.5. The molecule has 0 bridgehead atoms. The number of halogens is 2. The maximum atomic E-state index is 11.4. The molecule has 0 spiro atoms. The summed E-state index contributed by atoms with van der Waals surface area (Å²) in [5.74, 6) is 0.564. The van der Waals surface area contributed by atoms with Crippen molar-refractivity contribution in [3.63, 3.8) is 0 Å². The highest BCUT2D eigenvalue weighted by molar-refractivity contribution is 6.39. The number of hydrogen-bond donors (Lipinski definition) is 1. The van der Waals surface area contributed by atoms with Crippen molar-refractivity contribution in [1.82, 2.24) is 4.98 Å². The molecule has 0 amide bonds. The summed E-state index contributed by atoms with van der Waals surface area (Å²) in [5, 5.41) is 4.13. The van der Waals surface area contributed by atoms with Crippen molar-refractivity contribution < 1.29 is 4.79 Å². The van der Waals surface area contributed by atoms with Crippen LogP contribution in [-0.2, 0) is 0 Å². The molecule has 3 rings (SSSR count). The molecular formula is C19H14Cl2N2O. The Morgan fingerprint density at radius 2 is 1.67 bits per heavy atom. The number of benzene rings is 2. The molecule has 0 fully saturated rings. The highest BCUT2D eigenvalue weighted by Crippen LogP contribution is 2.33. The lowest BCUT2D eigenvalue weighted by atomic mass is 10.0. The number of aryl methyl sites for hydroxylation is 1. The van der Waals surface area contributed by atoms with E-state index >= 15 is 0 Å². The smallest absolute Gasteiger partial charge is 0.152 e. The van der Waals surface area contributed by atoms with E-state index in [0.29, 0.717) is 32.8 Å². The fourth-order valence-electron chi connectivity index (χ4n) is 2.43. The maximum Gasteiger partial charge on any atom is 0.152 e. The Kier molecular flexibility index (Phi) is 4.84. The molecule has 3 aromatic rings. The molecule has 24 heavy (non-hydrogen) atoms. The Labute approximate surface area is 150 Å². The molecule has 5 heteroatoms. The summed E-state index contributed by atoms with van der Waals surface area (Å²) in [7, 11) is 0. The number of carbonyl (C=O) groups excluding carboxylic acids is 1. The fourth-order valence-corrected chi connectivity index (χ4v) is 2.93. The molecule has 0 aliphatic heterocycles. The number of para-hydroxylation sites is 1. The topological polar surface area (TPSA) is 42.0 Å². The molecule has 0 aliphatic rings. The van der Waals surface area contributed by atoms with Crippen molar-refractivity contribution >= 4 is 41.0 Å². The molecular weight excluding hydrogens is 343 g/mol. The van der Waals surface area contributed by atoms with Crippen LogP contribution in [-0.4, -0.2) is 11.3 Å². The molecule has 120 valence electrons. The third kappa shape index (κ3) is 3.28. The number of nitrogens with zero attached hydrogens (tertiary/aromatic N) is 1. The van der Waals surface area contributed by atoms with E-state index in [1.165, 1.54) is 0 Å². The molecule has 1 heterocycles. The summed E-state index contributed by atoms with van der Waals surface area (Å²) in [6.07, 6.45) is 0.807. The van der Waals surface area contributed by atoms with Gasteiger partial charge in [-0.25, -0.2) is 4.98 Å². The molecule has 0 saturated heterocycles. The van der Waals surface area contributed by atoms with Crippen molar-refractivity contribution in [3.8, 4) is 11.3 Å². The molecule has 1 N–H and O–H groups in total. The number of carbonyl (C=O) groups is 1. The van der Waals surface area contributed by atoms with E-state index in [4.69, 9.17) is 23.2 Å². The second-order valence-corrected chi connectivity index (χ2v) is 6.10. The quantitative estimate of drug-likeness (QED) is 0.589. The number of aldehydes is 1. The van der Waals surface area contributed by atoms with Gasteiger partial charge in [0.05, 0.1) is 21.4 Å². The highest BCUT2D eigenvalue weighted by Gasteiger charge is 2.12. The zero-order valence-electron chi connectivity index (χ0n) is 12.9. The molecule has 3 nitrogen and oxygen atoms in total. The molecule has 1 aromatic heterocycles. The monoisotopic (exact) mass is 356 g/mol. The normalized spacial score (nSPS) is 10.5. The van der Waals surface area contributed by atoms with Gasteiger partial charge in [0.2, 0.25) is 0 Å². The van der Waals surface area contributed by atoms with Gasteiger partial charge < -0.3 is 5.32 Å². The third-order valence-electron chi connectivity index (χ3n) is 3.67. The molecule has 0 aliphatic carbocycles. The van der Waals surface area contributed by atoms with Crippen LogP contribution in [0.4, 0.5) is 11.5 Å². The van der Waals surface area contributed by atoms with Gasteiger partial charge in [0.1, 0.15) is 5.82 Å². The van der Waals surface area contributed by atoms with E-state index in [1.54, 1.807) is 30.3 Å². The van der Waals surface area contributed by atoms with E-state index in [2.05, 4.69) is 10.3 Å². The number of hydrogen-bond acceptors (Lipinski definition) is 3. The Balaban J connectivity index is 2.07. The Hall–Kier alpha value is -2.36. The van der Waals surface area contributed by atoms with Crippen LogP contribution in [0.15, 0.2) is 54.6 Å². The van der Waals surface area contributed by atoms with E-state index < -0.39 is 0 Å². The minimum Gasteiger partial charge on any atom is -0.338 e. The number of rotatable bonds is 4. The van der Waals surface area contributed by atoms with E-state index in [0.717, 1.165) is 17.4 Å². The summed E-state index contributed by atoms with van der Waals surface area (Å²) >= 11 is 12.4. The predicted molar refractivity (Wildman–Crippen MR) is 99.5 cm³/mol.